The van der Waals surface area contributed by atoms with E-state index in [4.69, 9.17) is 0 Å². The maximum absolute atomic E-state index is 12.5. The Bertz CT molecular complexity index is 949. The van der Waals surface area contributed by atoms with Gasteiger partial charge in [0.25, 0.3) is 11.7 Å². The van der Waals surface area contributed by atoms with Crippen molar-refractivity contribution in [1.29, 1.82) is 0 Å². The molecule has 2 aromatic heterocycles. The number of carbonyl (C=O) groups excluding carboxylic acids is 1. The SMILES string of the molecule is Cc1ccnc2nc(C(=O)Nc3ccc(CN4CCCCC4C)cc3)nn12. The lowest BCUT2D eigenvalue weighted by Gasteiger charge is -2.33. The van der Waals surface area contributed by atoms with Crippen molar-refractivity contribution in [2.45, 2.75) is 45.7 Å². The first kappa shape index (κ1) is 17.6. The van der Waals surface area contributed by atoms with E-state index < -0.39 is 0 Å². The quantitative estimate of drug-likeness (QED) is 0.770. The summed E-state index contributed by atoms with van der Waals surface area (Å²) in [6.07, 6.45) is 5.53. The van der Waals surface area contributed by atoms with E-state index in [-0.39, 0.29) is 11.7 Å². The van der Waals surface area contributed by atoms with Crippen LogP contribution in [0.4, 0.5) is 5.69 Å². The number of nitrogens with one attached hydrogen (secondary N) is 1. The number of piperidine rings is 1. The summed E-state index contributed by atoms with van der Waals surface area (Å²) < 4.78 is 1.57. The molecule has 1 fully saturated rings. The zero-order valence-corrected chi connectivity index (χ0v) is 15.7. The molecular formula is C20H24N6O. The highest BCUT2D eigenvalue weighted by Gasteiger charge is 2.18. The highest BCUT2D eigenvalue weighted by molar-refractivity contribution is 6.01. The lowest BCUT2D eigenvalue weighted by Crippen LogP contribution is -2.36. The molecule has 3 aromatic rings. The van der Waals surface area contributed by atoms with E-state index in [1.807, 2.05) is 25.1 Å². The minimum Gasteiger partial charge on any atom is -0.319 e. The van der Waals surface area contributed by atoms with Gasteiger partial charge in [-0.3, -0.25) is 9.69 Å². The number of fused-ring (bicyclic) bond motifs is 1. The highest BCUT2D eigenvalue weighted by atomic mass is 16.2. The van der Waals surface area contributed by atoms with E-state index in [0.29, 0.717) is 11.8 Å². The van der Waals surface area contributed by atoms with Gasteiger partial charge in [0.15, 0.2) is 0 Å². The summed E-state index contributed by atoms with van der Waals surface area (Å²) in [5.74, 6) is 0.200. The van der Waals surface area contributed by atoms with Crippen LogP contribution in [0.3, 0.4) is 0 Å². The number of aryl methyl sites for hydroxylation is 1. The van der Waals surface area contributed by atoms with Crippen molar-refractivity contribution in [3.63, 3.8) is 0 Å². The maximum atomic E-state index is 12.5. The summed E-state index contributed by atoms with van der Waals surface area (Å²) in [7, 11) is 0. The molecule has 4 rings (SSSR count). The summed E-state index contributed by atoms with van der Waals surface area (Å²) in [5, 5.41) is 7.10. The zero-order chi connectivity index (χ0) is 18.8. The first-order chi connectivity index (χ1) is 13.1. The van der Waals surface area contributed by atoms with E-state index in [1.165, 1.54) is 24.8 Å². The number of rotatable bonds is 4. The second kappa shape index (κ2) is 7.44. The minimum absolute atomic E-state index is 0.114. The Labute approximate surface area is 158 Å². The lowest BCUT2D eigenvalue weighted by atomic mass is 10.0. The molecule has 1 saturated heterocycles. The fourth-order valence-corrected chi connectivity index (χ4v) is 3.51. The molecular weight excluding hydrogens is 340 g/mol. The number of hydrogen-bond acceptors (Lipinski definition) is 5. The van der Waals surface area contributed by atoms with E-state index >= 15 is 0 Å². The monoisotopic (exact) mass is 364 g/mol. The number of hydrogen-bond donors (Lipinski definition) is 1. The number of carbonyl (C=O) groups is 1. The van der Waals surface area contributed by atoms with Gasteiger partial charge in [0.05, 0.1) is 0 Å². The Morgan fingerprint density at radius 1 is 1.22 bits per heavy atom. The predicted molar refractivity (Wildman–Crippen MR) is 104 cm³/mol. The van der Waals surface area contributed by atoms with E-state index in [9.17, 15) is 4.79 Å². The molecule has 0 bridgehead atoms. The van der Waals surface area contributed by atoms with Gasteiger partial charge < -0.3 is 5.32 Å². The Balaban J connectivity index is 1.42. The largest absolute Gasteiger partial charge is 0.319 e. The Morgan fingerprint density at radius 2 is 2.04 bits per heavy atom. The summed E-state index contributed by atoms with van der Waals surface area (Å²) in [6.45, 7) is 6.31. The highest BCUT2D eigenvalue weighted by Crippen LogP contribution is 2.20. The van der Waals surface area contributed by atoms with Crippen LogP contribution in [0.15, 0.2) is 36.5 Å². The third-order valence-corrected chi connectivity index (χ3v) is 5.17. The van der Waals surface area contributed by atoms with Crippen molar-refractivity contribution >= 4 is 17.4 Å². The maximum Gasteiger partial charge on any atom is 0.295 e. The van der Waals surface area contributed by atoms with Gasteiger partial charge in [-0.2, -0.15) is 4.98 Å². The summed E-state index contributed by atoms with van der Waals surface area (Å²) in [6, 6.07) is 10.5. The molecule has 0 aliphatic carbocycles. The number of aromatic nitrogens is 4. The standard InChI is InChI=1S/C20H24N6O/c1-14-5-3-4-12-25(14)13-16-6-8-17(9-7-16)22-19(27)18-23-20-21-11-10-15(2)26(20)24-18/h6-11,14H,3-5,12-13H2,1-2H3,(H,22,27). The molecule has 7 nitrogen and oxygen atoms in total. The third kappa shape index (κ3) is 3.83. The Hall–Kier alpha value is -2.80. The van der Waals surface area contributed by atoms with Gasteiger partial charge in [0.2, 0.25) is 5.82 Å². The predicted octanol–water partition coefficient (Wildman–Crippen LogP) is 3.06. The second-order valence-corrected chi connectivity index (χ2v) is 7.20. The molecule has 1 aromatic carbocycles. The van der Waals surface area contributed by atoms with E-state index in [0.717, 1.165) is 24.5 Å². The minimum atomic E-state index is -0.336. The van der Waals surface area contributed by atoms with Crippen LogP contribution in [0.25, 0.3) is 5.78 Å². The molecule has 0 radical (unpaired) electrons. The van der Waals surface area contributed by atoms with Crippen molar-refractivity contribution < 1.29 is 4.79 Å². The summed E-state index contributed by atoms with van der Waals surface area (Å²) in [5.41, 5.74) is 2.87. The molecule has 1 aliphatic heterocycles. The van der Waals surface area contributed by atoms with Gasteiger partial charge in [-0.1, -0.05) is 18.6 Å². The second-order valence-electron chi connectivity index (χ2n) is 7.20. The smallest absolute Gasteiger partial charge is 0.295 e. The number of likely N-dealkylation sites (tertiary alicyclic amines) is 1. The molecule has 0 saturated carbocycles. The number of nitrogens with zero attached hydrogens (tertiary/aromatic N) is 5. The van der Waals surface area contributed by atoms with Crippen LogP contribution in [0.5, 0.6) is 0 Å². The van der Waals surface area contributed by atoms with Crippen LogP contribution in [0, 0.1) is 6.92 Å². The van der Waals surface area contributed by atoms with Crippen molar-refractivity contribution in [3.8, 4) is 0 Å². The topological polar surface area (TPSA) is 75.4 Å². The van der Waals surface area contributed by atoms with E-state index in [1.54, 1.807) is 10.7 Å². The molecule has 7 heteroatoms. The van der Waals surface area contributed by atoms with Gasteiger partial charge in [0, 0.05) is 30.2 Å². The summed E-state index contributed by atoms with van der Waals surface area (Å²) >= 11 is 0. The molecule has 1 N–H and O–H groups in total. The average molecular weight is 364 g/mol. The molecule has 140 valence electrons. The van der Waals surface area contributed by atoms with Gasteiger partial charge in [-0.15, -0.1) is 5.10 Å². The van der Waals surface area contributed by atoms with Gasteiger partial charge in [-0.25, -0.2) is 9.50 Å². The molecule has 1 amide bonds. The molecule has 1 atom stereocenters. The first-order valence-corrected chi connectivity index (χ1v) is 9.43. The lowest BCUT2D eigenvalue weighted by molar-refractivity contribution is 0.101. The Morgan fingerprint density at radius 3 is 2.78 bits per heavy atom. The van der Waals surface area contributed by atoms with Gasteiger partial charge >= 0.3 is 0 Å². The van der Waals surface area contributed by atoms with Crippen LogP contribution in [-0.4, -0.2) is 43.0 Å². The molecule has 1 unspecified atom stereocenters. The van der Waals surface area contributed by atoms with E-state index in [2.05, 4.69) is 44.3 Å². The fourth-order valence-electron chi connectivity index (χ4n) is 3.51. The molecule has 3 heterocycles. The Kier molecular flexibility index (Phi) is 4.85. The molecule has 27 heavy (non-hydrogen) atoms. The number of anilines is 1. The van der Waals surface area contributed by atoms with Gasteiger partial charge in [0.1, 0.15) is 0 Å². The van der Waals surface area contributed by atoms with Crippen LogP contribution in [0.2, 0.25) is 0 Å². The zero-order valence-electron chi connectivity index (χ0n) is 15.7. The van der Waals surface area contributed by atoms with Crippen LogP contribution >= 0.6 is 0 Å². The van der Waals surface area contributed by atoms with Crippen molar-refractivity contribution in [3.05, 3.63) is 53.6 Å². The van der Waals surface area contributed by atoms with Crippen LogP contribution < -0.4 is 5.32 Å². The van der Waals surface area contributed by atoms with Crippen LogP contribution in [-0.2, 0) is 6.54 Å². The molecule has 1 aliphatic rings. The number of amides is 1. The van der Waals surface area contributed by atoms with Crippen molar-refractivity contribution in [1.82, 2.24) is 24.5 Å². The van der Waals surface area contributed by atoms with Gasteiger partial charge in [-0.05, 0) is 57.0 Å². The average Bonchev–Trinajstić information content (AvgIpc) is 3.11. The fraction of sp³-hybridized carbons (Fsp3) is 0.400. The summed E-state index contributed by atoms with van der Waals surface area (Å²) in [4.78, 5) is 23.3. The van der Waals surface area contributed by atoms with Crippen LogP contribution in [0.1, 0.15) is 48.1 Å². The molecule has 0 spiro atoms. The third-order valence-electron chi connectivity index (χ3n) is 5.17. The van der Waals surface area contributed by atoms with Crippen molar-refractivity contribution in [2.75, 3.05) is 11.9 Å². The van der Waals surface area contributed by atoms with Crippen molar-refractivity contribution in [2.24, 2.45) is 0 Å². The number of benzene rings is 1. The normalized spacial score (nSPS) is 17.9. The first-order valence-electron chi connectivity index (χ1n) is 9.43.